The second kappa shape index (κ2) is 5.74. The number of carbonyl (C=O) groups is 1. The standard InChI is InChI=1S/C8H13N5O2S/c1-4-6(2-5(9)8(14)15)12-7(16-4)3-11-13-10/h4-6H,2-3,9H2,1H3,(H,14,15)/t4?,5-,6?/m0/s1. The Balaban J connectivity index is 2.57. The van der Waals surface area contributed by atoms with E-state index < -0.39 is 12.0 Å². The molecule has 0 spiro atoms. The highest BCUT2D eigenvalue weighted by atomic mass is 32.2. The number of rotatable bonds is 5. The Morgan fingerprint density at radius 3 is 3.12 bits per heavy atom. The molecule has 0 radical (unpaired) electrons. The summed E-state index contributed by atoms with van der Waals surface area (Å²) in [5, 5.41) is 13.0. The Morgan fingerprint density at radius 2 is 2.56 bits per heavy atom. The third-order valence-corrected chi connectivity index (χ3v) is 3.45. The number of aliphatic carboxylic acids is 1. The third-order valence-electron chi connectivity index (χ3n) is 2.26. The minimum absolute atomic E-state index is 0.111. The molecular weight excluding hydrogens is 230 g/mol. The lowest BCUT2D eigenvalue weighted by atomic mass is 10.1. The van der Waals surface area contributed by atoms with Crippen LogP contribution < -0.4 is 5.73 Å². The smallest absolute Gasteiger partial charge is 0.320 e. The van der Waals surface area contributed by atoms with Crippen molar-refractivity contribution in [3.8, 4) is 0 Å². The Kier molecular flexibility index (Phi) is 4.60. The summed E-state index contributed by atoms with van der Waals surface area (Å²) in [5.74, 6) is -1.02. The second-order valence-electron chi connectivity index (χ2n) is 3.48. The van der Waals surface area contributed by atoms with Gasteiger partial charge in [-0.1, -0.05) is 12.0 Å². The van der Waals surface area contributed by atoms with Crippen molar-refractivity contribution in [3.63, 3.8) is 0 Å². The van der Waals surface area contributed by atoms with Crippen LogP contribution in [0.2, 0.25) is 0 Å². The summed E-state index contributed by atoms with van der Waals surface area (Å²) in [6.45, 7) is 2.18. The fourth-order valence-corrected chi connectivity index (χ4v) is 2.48. The lowest BCUT2D eigenvalue weighted by Crippen LogP contribution is -2.35. The van der Waals surface area contributed by atoms with E-state index in [2.05, 4.69) is 15.0 Å². The van der Waals surface area contributed by atoms with Gasteiger partial charge in [0.05, 0.1) is 17.6 Å². The lowest BCUT2D eigenvalue weighted by molar-refractivity contribution is -0.138. The molecule has 3 atom stereocenters. The van der Waals surface area contributed by atoms with Crippen LogP contribution in [0.4, 0.5) is 0 Å². The maximum absolute atomic E-state index is 10.6. The summed E-state index contributed by atoms with van der Waals surface area (Å²) in [5.41, 5.74) is 13.6. The Labute approximate surface area is 96.7 Å². The van der Waals surface area contributed by atoms with Gasteiger partial charge in [-0.05, 0) is 12.0 Å². The molecule has 88 valence electrons. The first-order valence-corrected chi connectivity index (χ1v) is 5.65. The van der Waals surface area contributed by atoms with Gasteiger partial charge in [-0.25, -0.2) is 0 Å². The van der Waals surface area contributed by atoms with Crippen LogP contribution in [0.5, 0.6) is 0 Å². The fraction of sp³-hybridized carbons (Fsp3) is 0.750. The molecule has 1 rings (SSSR count). The molecule has 0 aliphatic carbocycles. The molecule has 0 aromatic heterocycles. The zero-order chi connectivity index (χ0) is 12.1. The second-order valence-corrected chi connectivity index (χ2v) is 4.93. The molecule has 0 saturated carbocycles. The number of hydrogen-bond acceptors (Lipinski definition) is 5. The highest BCUT2D eigenvalue weighted by molar-refractivity contribution is 8.14. The summed E-state index contributed by atoms with van der Waals surface area (Å²) in [4.78, 5) is 17.6. The highest BCUT2D eigenvalue weighted by Crippen LogP contribution is 2.29. The van der Waals surface area contributed by atoms with E-state index in [0.717, 1.165) is 5.04 Å². The molecule has 8 heteroatoms. The predicted octanol–water partition coefficient (Wildman–Crippen LogP) is 1.00. The van der Waals surface area contributed by atoms with Crippen LogP contribution in [0.1, 0.15) is 13.3 Å². The molecule has 3 N–H and O–H groups in total. The van der Waals surface area contributed by atoms with E-state index in [1.807, 2.05) is 6.92 Å². The van der Waals surface area contributed by atoms with Gasteiger partial charge in [-0.3, -0.25) is 9.79 Å². The van der Waals surface area contributed by atoms with Crippen LogP contribution in [-0.2, 0) is 4.79 Å². The van der Waals surface area contributed by atoms with Crippen molar-refractivity contribution < 1.29 is 9.90 Å². The molecule has 7 nitrogen and oxygen atoms in total. The SMILES string of the molecule is CC1SC(CN=[N+]=[N-])=NC1C[C@H](N)C(=O)O. The molecule has 2 unspecified atom stereocenters. The number of carboxylic acid groups (broad SMARTS) is 1. The van der Waals surface area contributed by atoms with Crippen LogP contribution in [-0.4, -0.2) is 40.0 Å². The summed E-state index contributed by atoms with van der Waals surface area (Å²) < 4.78 is 0. The first-order chi connectivity index (χ1) is 7.54. The minimum Gasteiger partial charge on any atom is -0.480 e. The van der Waals surface area contributed by atoms with Gasteiger partial charge in [0.15, 0.2) is 0 Å². The van der Waals surface area contributed by atoms with Gasteiger partial charge in [0, 0.05) is 10.2 Å². The number of carboxylic acids is 1. The van der Waals surface area contributed by atoms with E-state index in [9.17, 15) is 4.79 Å². The Bertz CT molecular complexity index is 352. The van der Waals surface area contributed by atoms with Crippen LogP contribution in [0.3, 0.4) is 0 Å². The molecule has 0 fully saturated rings. The van der Waals surface area contributed by atoms with Gasteiger partial charge in [-0.2, -0.15) is 0 Å². The molecule has 0 bridgehead atoms. The van der Waals surface area contributed by atoms with Crippen molar-refractivity contribution in [2.24, 2.45) is 15.8 Å². The third kappa shape index (κ3) is 3.41. The largest absolute Gasteiger partial charge is 0.480 e. The van der Waals surface area contributed by atoms with Crippen molar-refractivity contribution in [3.05, 3.63) is 10.4 Å². The van der Waals surface area contributed by atoms with Crippen molar-refractivity contribution in [1.29, 1.82) is 0 Å². The van der Waals surface area contributed by atoms with Gasteiger partial charge in [0.25, 0.3) is 0 Å². The lowest BCUT2D eigenvalue weighted by Gasteiger charge is -2.14. The summed E-state index contributed by atoms with van der Waals surface area (Å²) in [6, 6.07) is -1.00. The predicted molar refractivity (Wildman–Crippen MR) is 62.5 cm³/mol. The molecule has 1 heterocycles. The van der Waals surface area contributed by atoms with Crippen LogP contribution in [0, 0.1) is 0 Å². The van der Waals surface area contributed by atoms with Crippen molar-refractivity contribution >= 4 is 22.8 Å². The molecular formula is C8H13N5O2S. The van der Waals surface area contributed by atoms with E-state index in [-0.39, 0.29) is 17.8 Å². The molecule has 0 amide bonds. The first kappa shape index (κ1) is 12.8. The maximum Gasteiger partial charge on any atom is 0.320 e. The van der Waals surface area contributed by atoms with Gasteiger partial charge < -0.3 is 10.8 Å². The van der Waals surface area contributed by atoms with Crippen LogP contribution in [0.15, 0.2) is 10.1 Å². The number of nitrogens with zero attached hydrogens (tertiary/aromatic N) is 4. The van der Waals surface area contributed by atoms with E-state index in [4.69, 9.17) is 16.4 Å². The van der Waals surface area contributed by atoms with E-state index in [0.29, 0.717) is 6.42 Å². The molecule has 0 saturated heterocycles. The van der Waals surface area contributed by atoms with E-state index in [1.165, 1.54) is 11.8 Å². The van der Waals surface area contributed by atoms with E-state index in [1.54, 1.807) is 0 Å². The Morgan fingerprint density at radius 1 is 1.88 bits per heavy atom. The van der Waals surface area contributed by atoms with Crippen LogP contribution in [0.25, 0.3) is 10.4 Å². The van der Waals surface area contributed by atoms with Gasteiger partial charge in [0.2, 0.25) is 0 Å². The Hall–Kier alpha value is -1.24. The number of aliphatic imine (C=N–C) groups is 1. The fourth-order valence-electron chi connectivity index (χ4n) is 1.39. The average Bonchev–Trinajstić information content (AvgIpc) is 2.56. The topological polar surface area (TPSA) is 124 Å². The maximum atomic E-state index is 10.6. The summed E-state index contributed by atoms with van der Waals surface area (Å²) in [7, 11) is 0. The van der Waals surface area contributed by atoms with E-state index >= 15 is 0 Å². The highest BCUT2D eigenvalue weighted by Gasteiger charge is 2.29. The van der Waals surface area contributed by atoms with Gasteiger partial charge in [0.1, 0.15) is 6.04 Å². The van der Waals surface area contributed by atoms with Crippen molar-refractivity contribution in [2.45, 2.75) is 30.7 Å². The normalized spacial score (nSPS) is 25.8. The van der Waals surface area contributed by atoms with Crippen molar-refractivity contribution in [1.82, 2.24) is 0 Å². The van der Waals surface area contributed by atoms with Crippen LogP contribution >= 0.6 is 11.8 Å². The van der Waals surface area contributed by atoms with Gasteiger partial charge in [-0.15, -0.1) is 11.8 Å². The monoisotopic (exact) mass is 243 g/mol. The minimum atomic E-state index is -1.02. The quantitative estimate of drug-likeness (QED) is 0.424. The number of azide groups is 1. The number of nitrogens with two attached hydrogens (primary N) is 1. The molecule has 16 heavy (non-hydrogen) atoms. The zero-order valence-electron chi connectivity index (χ0n) is 8.78. The molecule has 0 aromatic carbocycles. The number of hydrogen-bond donors (Lipinski definition) is 2. The summed E-state index contributed by atoms with van der Waals surface area (Å²) >= 11 is 1.50. The first-order valence-electron chi connectivity index (χ1n) is 4.77. The molecule has 1 aliphatic heterocycles. The van der Waals surface area contributed by atoms with Gasteiger partial charge >= 0.3 is 5.97 Å². The molecule has 1 aliphatic rings. The van der Waals surface area contributed by atoms with Crippen molar-refractivity contribution in [2.75, 3.05) is 6.54 Å². The zero-order valence-corrected chi connectivity index (χ0v) is 9.59. The summed E-state index contributed by atoms with van der Waals surface area (Å²) in [6.07, 6.45) is 0.309. The average molecular weight is 243 g/mol. The number of thioether (sulfide) groups is 1. The molecule has 0 aromatic rings.